The first-order valence-electron chi connectivity index (χ1n) is 7.78. The highest BCUT2D eigenvalue weighted by atomic mass is 16.5. The number of rotatable bonds is 6. The van der Waals surface area contributed by atoms with Crippen LogP contribution in [0.1, 0.15) is 50.7 Å². The molecule has 0 bridgehead atoms. The third-order valence-electron chi connectivity index (χ3n) is 4.44. The van der Waals surface area contributed by atoms with Crippen molar-refractivity contribution >= 4 is 0 Å². The maximum atomic E-state index is 10.3. The Labute approximate surface area is 122 Å². The number of aliphatic hydroxyl groups is 1. The SMILES string of the molecule is CCC1CCCC(NCC(O)c2cccc(OC)c2)C1. The van der Waals surface area contributed by atoms with Gasteiger partial charge in [0, 0.05) is 12.6 Å². The molecule has 1 aromatic rings. The van der Waals surface area contributed by atoms with Crippen LogP contribution in [-0.4, -0.2) is 24.8 Å². The van der Waals surface area contributed by atoms with Gasteiger partial charge in [-0.05, 0) is 36.5 Å². The Morgan fingerprint density at radius 1 is 1.40 bits per heavy atom. The number of ether oxygens (including phenoxy) is 1. The number of nitrogens with one attached hydrogen (secondary N) is 1. The fraction of sp³-hybridized carbons (Fsp3) is 0.647. The van der Waals surface area contributed by atoms with Gasteiger partial charge in [0.25, 0.3) is 0 Å². The predicted molar refractivity (Wildman–Crippen MR) is 82.0 cm³/mol. The third kappa shape index (κ3) is 4.22. The smallest absolute Gasteiger partial charge is 0.119 e. The zero-order chi connectivity index (χ0) is 14.4. The van der Waals surface area contributed by atoms with Crippen molar-refractivity contribution in [1.82, 2.24) is 5.32 Å². The molecule has 20 heavy (non-hydrogen) atoms. The summed E-state index contributed by atoms with van der Waals surface area (Å²) in [4.78, 5) is 0. The standard InChI is InChI=1S/C17H27NO2/c1-3-13-6-4-8-15(10-13)18-12-17(19)14-7-5-9-16(11-14)20-2/h5,7,9,11,13,15,17-19H,3-4,6,8,10,12H2,1-2H3. The molecule has 0 radical (unpaired) electrons. The minimum absolute atomic E-state index is 0.466. The Morgan fingerprint density at radius 3 is 3.00 bits per heavy atom. The van der Waals surface area contributed by atoms with Gasteiger partial charge in [-0.25, -0.2) is 0 Å². The first-order valence-corrected chi connectivity index (χ1v) is 7.78. The molecule has 3 atom stereocenters. The fourth-order valence-corrected chi connectivity index (χ4v) is 3.09. The summed E-state index contributed by atoms with van der Waals surface area (Å²) >= 11 is 0. The molecule has 1 fully saturated rings. The molecule has 0 saturated heterocycles. The molecular formula is C17H27NO2. The number of aliphatic hydroxyl groups excluding tert-OH is 1. The molecule has 1 aliphatic carbocycles. The van der Waals surface area contributed by atoms with Crippen LogP contribution >= 0.6 is 0 Å². The second kappa shape index (κ2) is 7.65. The number of methoxy groups -OCH3 is 1. The molecule has 1 aliphatic rings. The molecule has 0 aromatic heterocycles. The molecule has 1 aromatic carbocycles. The molecule has 3 unspecified atom stereocenters. The van der Waals surface area contributed by atoms with E-state index in [0.717, 1.165) is 17.2 Å². The van der Waals surface area contributed by atoms with Crippen molar-refractivity contribution in [3.8, 4) is 5.75 Å². The lowest BCUT2D eigenvalue weighted by Crippen LogP contribution is -2.36. The minimum Gasteiger partial charge on any atom is -0.497 e. The van der Waals surface area contributed by atoms with Gasteiger partial charge in [0.05, 0.1) is 13.2 Å². The monoisotopic (exact) mass is 277 g/mol. The Morgan fingerprint density at radius 2 is 2.25 bits per heavy atom. The maximum absolute atomic E-state index is 10.3. The van der Waals surface area contributed by atoms with Crippen molar-refractivity contribution in [3.63, 3.8) is 0 Å². The third-order valence-corrected chi connectivity index (χ3v) is 4.44. The van der Waals surface area contributed by atoms with Gasteiger partial charge in [-0.2, -0.15) is 0 Å². The zero-order valence-corrected chi connectivity index (χ0v) is 12.6. The van der Waals surface area contributed by atoms with E-state index in [1.165, 1.54) is 32.1 Å². The molecule has 112 valence electrons. The van der Waals surface area contributed by atoms with Gasteiger partial charge in [0.1, 0.15) is 5.75 Å². The second-order valence-corrected chi connectivity index (χ2v) is 5.84. The van der Waals surface area contributed by atoms with Crippen molar-refractivity contribution < 1.29 is 9.84 Å². The number of hydrogen-bond donors (Lipinski definition) is 2. The number of hydrogen-bond acceptors (Lipinski definition) is 3. The van der Waals surface area contributed by atoms with Crippen molar-refractivity contribution in [3.05, 3.63) is 29.8 Å². The van der Waals surface area contributed by atoms with E-state index in [-0.39, 0.29) is 0 Å². The van der Waals surface area contributed by atoms with Gasteiger partial charge < -0.3 is 15.2 Å². The van der Waals surface area contributed by atoms with E-state index in [0.29, 0.717) is 12.6 Å². The average Bonchev–Trinajstić information content (AvgIpc) is 2.52. The van der Waals surface area contributed by atoms with Crippen LogP contribution in [-0.2, 0) is 0 Å². The first kappa shape index (κ1) is 15.3. The van der Waals surface area contributed by atoms with Crippen LogP contribution in [0.4, 0.5) is 0 Å². The highest BCUT2D eigenvalue weighted by Crippen LogP contribution is 2.27. The van der Waals surface area contributed by atoms with Crippen molar-refractivity contribution in [2.45, 2.75) is 51.2 Å². The quantitative estimate of drug-likeness (QED) is 0.838. The van der Waals surface area contributed by atoms with Crippen LogP contribution in [0.25, 0.3) is 0 Å². The van der Waals surface area contributed by atoms with Crippen LogP contribution in [0.3, 0.4) is 0 Å². The van der Waals surface area contributed by atoms with E-state index in [2.05, 4.69) is 12.2 Å². The lowest BCUT2D eigenvalue weighted by molar-refractivity contribution is 0.160. The molecule has 0 spiro atoms. The van der Waals surface area contributed by atoms with Crippen LogP contribution in [0.5, 0.6) is 5.75 Å². The van der Waals surface area contributed by atoms with E-state index >= 15 is 0 Å². The van der Waals surface area contributed by atoms with Gasteiger partial charge in [-0.3, -0.25) is 0 Å². The van der Waals surface area contributed by atoms with Gasteiger partial charge in [-0.15, -0.1) is 0 Å². The first-order chi connectivity index (χ1) is 9.72. The van der Waals surface area contributed by atoms with Gasteiger partial charge >= 0.3 is 0 Å². The fourth-order valence-electron chi connectivity index (χ4n) is 3.09. The molecule has 3 heteroatoms. The largest absolute Gasteiger partial charge is 0.497 e. The summed E-state index contributed by atoms with van der Waals surface area (Å²) in [6.45, 7) is 2.90. The van der Waals surface area contributed by atoms with Crippen LogP contribution in [0, 0.1) is 5.92 Å². The molecule has 0 amide bonds. The normalized spacial score (nSPS) is 24.4. The Bertz CT molecular complexity index is 408. The summed E-state index contributed by atoms with van der Waals surface area (Å²) in [6, 6.07) is 8.24. The lowest BCUT2D eigenvalue weighted by atomic mass is 9.84. The van der Waals surface area contributed by atoms with Gasteiger partial charge in [0.2, 0.25) is 0 Å². The highest BCUT2D eigenvalue weighted by Gasteiger charge is 2.21. The predicted octanol–water partition coefficient (Wildman–Crippen LogP) is 3.29. The summed E-state index contributed by atoms with van der Waals surface area (Å²) < 4.78 is 5.20. The number of benzene rings is 1. The van der Waals surface area contributed by atoms with Crippen molar-refractivity contribution in [1.29, 1.82) is 0 Å². The Balaban J connectivity index is 1.83. The van der Waals surface area contributed by atoms with Gasteiger partial charge in [-0.1, -0.05) is 38.3 Å². The second-order valence-electron chi connectivity index (χ2n) is 5.84. The summed E-state index contributed by atoms with van der Waals surface area (Å²) in [7, 11) is 1.65. The van der Waals surface area contributed by atoms with Crippen LogP contribution in [0.2, 0.25) is 0 Å². The van der Waals surface area contributed by atoms with Crippen molar-refractivity contribution in [2.75, 3.05) is 13.7 Å². The molecule has 3 nitrogen and oxygen atoms in total. The van der Waals surface area contributed by atoms with Crippen molar-refractivity contribution in [2.24, 2.45) is 5.92 Å². The van der Waals surface area contributed by atoms with E-state index in [9.17, 15) is 5.11 Å². The molecule has 0 aliphatic heterocycles. The van der Waals surface area contributed by atoms with E-state index in [1.807, 2.05) is 24.3 Å². The van der Waals surface area contributed by atoms with Gasteiger partial charge in [0.15, 0.2) is 0 Å². The summed E-state index contributed by atoms with van der Waals surface area (Å²) in [5, 5.41) is 13.8. The van der Waals surface area contributed by atoms with Crippen LogP contribution < -0.4 is 10.1 Å². The Kier molecular flexibility index (Phi) is 5.86. The molecular weight excluding hydrogens is 250 g/mol. The molecule has 1 saturated carbocycles. The lowest BCUT2D eigenvalue weighted by Gasteiger charge is -2.30. The minimum atomic E-state index is -0.466. The maximum Gasteiger partial charge on any atom is 0.119 e. The molecule has 2 rings (SSSR count). The van der Waals surface area contributed by atoms with Crippen LogP contribution in [0.15, 0.2) is 24.3 Å². The average molecular weight is 277 g/mol. The topological polar surface area (TPSA) is 41.5 Å². The summed E-state index contributed by atoms with van der Waals surface area (Å²) in [5.74, 6) is 1.65. The summed E-state index contributed by atoms with van der Waals surface area (Å²) in [6.07, 6.45) is 5.98. The zero-order valence-electron chi connectivity index (χ0n) is 12.6. The van der Waals surface area contributed by atoms with E-state index < -0.39 is 6.10 Å². The van der Waals surface area contributed by atoms with E-state index in [4.69, 9.17) is 4.74 Å². The Hall–Kier alpha value is -1.06. The summed E-state index contributed by atoms with van der Waals surface area (Å²) in [5.41, 5.74) is 0.916. The highest BCUT2D eigenvalue weighted by molar-refractivity contribution is 5.29. The molecule has 2 N–H and O–H groups in total. The molecule has 0 heterocycles. The van der Waals surface area contributed by atoms with E-state index in [1.54, 1.807) is 7.11 Å².